The van der Waals surface area contributed by atoms with Gasteiger partial charge in [0.05, 0.1) is 4.47 Å². The predicted octanol–water partition coefficient (Wildman–Crippen LogP) is 4.51. The summed E-state index contributed by atoms with van der Waals surface area (Å²) in [6, 6.07) is 10.0. The summed E-state index contributed by atoms with van der Waals surface area (Å²) in [5.74, 6) is 1.42. The average molecular weight is 292 g/mol. The van der Waals surface area contributed by atoms with Gasteiger partial charge in [0.25, 0.3) is 0 Å². The summed E-state index contributed by atoms with van der Waals surface area (Å²) in [4.78, 5) is 4.26. The largest absolute Gasteiger partial charge is 0.438 e. The van der Waals surface area contributed by atoms with Crippen LogP contribution in [-0.2, 0) is 6.42 Å². The summed E-state index contributed by atoms with van der Waals surface area (Å²) in [6.07, 6.45) is 2.80. The van der Waals surface area contributed by atoms with Gasteiger partial charge >= 0.3 is 0 Å². The fourth-order valence-electron chi connectivity index (χ4n) is 1.54. The standard InChI is InChI=1S/C14H14BrNO/c1-3-11-5-4-6-12(8-11)17-14-13(15)7-10(2)9-16-14/h4-9H,3H2,1-2H3. The van der Waals surface area contributed by atoms with Crippen molar-refractivity contribution in [2.24, 2.45) is 0 Å². The van der Waals surface area contributed by atoms with Gasteiger partial charge in [-0.25, -0.2) is 4.98 Å². The number of ether oxygens (including phenoxy) is 1. The molecule has 1 heterocycles. The summed E-state index contributed by atoms with van der Waals surface area (Å²) in [7, 11) is 0. The highest BCUT2D eigenvalue weighted by Crippen LogP contribution is 2.28. The lowest BCUT2D eigenvalue weighted by Crippen LogP contribution is -1.91. The van der Waals surface area contributed by atoms with Crippen molar-refractivity contribution in [3.05, 3.63) is 52.1 Å². The van der Waals surface area contributed by atoms with Crippen molar-refractivity contribution < 1.29 is 4.74 Å². The van der Waals surface area contributed by atoms with Crippen molar-refractivity contribution in [2.45, 2.75) is 20.3 Å². The van der Waals surface area contributed by atoms with E-state index in [0.29, 0.717) is 5.88 Å². The SMILES string of the molecule is CCc1cccc(Oc2ncc(C)cc2Br)c1. The molecule has 0 fully saturated rings. The quantitative estimate of drug-likeness (QED) is 0.830. The molecule has 2 rings (SSSR count). The Kier molecular flexibility index (Phi) is 3.79. The van der Waals surface area contributed by atoms with E-state index in [1.165, 1.54) is 5.56 Å². The van der Waals surface area contributed by atoms with Crippen molar-refractivity contribution in [2.75, 3.05) is 0 Å². The summed E-state index contributed by atoms with van der Waals surface area (Å²) >= 11 is 3.45. The van der Waals surface area contributed by atoms with Gasteiger partial charge in [0.2, 0.25) is 5.88 Å². The first-order chi connectivity index (χ1) is 8.19. The van der Waals surface area contributed by atoms with E-state index in [4.69, 9.17) is 4.74 Å². The van der Waals surface area contributed by atoms with E-state index in [-0.39, 0.29) is 0 Å². The molecule has 0 unspecified atom stereocenters. The fraction of sp³-hybridized carbons (Fsp3) is 0.214. The van der Waals surface area contributed by atoms with Crippen molar-refractivity contribution in [1.29, 1.82) is 0 Å². The number of hydrogen-bond acceptors (Lipinski definition) is 2. The van der Waals surface area contributed by atoms with E-state index < -0.39 is 0 Å². The van der Waals surface area contributed by atoms with Crippen LogP contribution < -0.4 is 4.74 Å². The Morgan fingerprint density at radius 1 is 1.29 bits per heavy atom. The van der Waals surface area contributed by atoms with E-state index in [1.807, 2.05) is 31.2 Å². The lowest BCUT2D eigenvalue weighted by Gasteiger charge is -2.08. The van der Waals surface area contributed by atoms with Crippen LogP contribution in [0.5, 0.6) is 11.6 Å². The first-order valence-corrected chi connectivity index (χ1v) is 6.37. The molecular weight excluding hydrogens is 278 g/mol. The zero-order chi connectivity index (χ0) is 12.3. The van der Waals surface area contributed by atoms with E-state index >= 15 is 0 Å². The molecule has 0 N–H and O–H groups in total. The number of aromatic nitrogens is 1. The summed E-state index contributed by atoms with van der Waals surface area (Å²) in [6.45, 7) is 4.12. The van der Waals surface area contributed by atoms with Crippen LogP contribution in [0.25, 0.3) is 0 Å². The predicted molar refractivity (Wildman–Crippen MR) is 72.6 cm³/mol. The Morgan fingerprint density at radius 3 is 2.82 bits per heavy atom. The zero-order valence-corrected chi connectivity index (χ0v) is 11.5. The minimum atomic E-state index is 0.601. The molecule has 0 bridgehead atoms. The van der Waals surface area contributed by atoms with Gasteiger partial charge in [-0.05, 0) is 58.6 Å². The third-order valence-electron chi connectivity index (χ3n) is 2.47. The Bertz CT molecular complexity index is 525. The molecule has 0 spiro atoms. The minimum Gasteiger partial charge on any atom is -0.438 e. The topological polar surface area (TPSA) is 22.1 Å². The van der Waals surface area contributed by atoms with Crippen LogP contribution in [0.2, 0.25) is 0 Å². The molecule has 1 aromatic heterocycles. The second-order valence-corrected chi connectivity index (χ2v) is 4.76. The molecule has 0 aliphatic rings. The van der Waals surface area contributed by atoms with Crippen molar-refractivity contribution >= 4 is 15.9 Å². The molecule has 0 saturated heterocycles. The number of hydrogen-bond donors (Lipinski definition) is 0. The number of halogens is 1. The number of nitrogens with zero attached hydrogens (tertiary/aromatic N) is 1. The average Bonchev–Trinajstić information content (AvgIpc) is 2.33. The molecule has 0 amide bonds. The Morgan fingerprint density at radius 2 is 2.12 bits per heavy atom. The molecule has 0 aliphatic heterocycles. The zero-order valence-electron chi connectivity index (χ0n) is 9.90. The van der Waals surface area contributed by atoms with E-state index in [1.54, 1.807) is 6.20 Å². The molecule has 2 aromatic rings. The molecule has 2 nitrogen and oxygen atoms in total. The minimum absolute atomic E-state index is 0.601. The van der Waals surface area contributed by atoms with E-state index in [2.05, 4.69) is 33.9 Å². The van der Waals surface area contributed by atoms with E-state index in [9.17, 15) is 0 Å². The second-order valence-electron chi connectivity index (χ2n) is 3.90. The van der Waals surface area contributed by atoms with Gasteiger partial charge in [0.1, 0.15) is 5.75 Å². The monoisotopic (exact) mass is 291 g/mol. The normalized spacial score (nSPS) is 10.3. The highest BCUT2D eigenvalue weighted by atomic mass is 79.9. The molecular formula is C14H14BrNO. The van der Waals surface area contributed by atoms with Crippen molar-refractivity contribution in [3.8, 4) is 11.6 Å². The Labute approximate surface area is 110 Å². The molecule has 0 atom stereocenters. The molecule has 88 valence electrons. The third kappa shape index (κ3) is 3.07. The first-order valence-electron chi connectivity index (χ1n) is 5.58. The Balaban J connectivity index is 2.25. The number of benzene rings is 1. The highest BCUT2D eigenvalue weighted by Gasteiger charge is 2.04. The maximum absolute atomic E-state index is 5.75. The van der Waals surface area contributed by atoms with Crippen LogP contribution in [-0.4, -0.2) is 4.98 Å². The van der Waals surface area contributed by atoms with Crippen LogP contribution in [0.1, 0.15) is 18.1 Å². The van der Waals surface area contributed by atoms with Crippen LogP contribution in [0.3, 0.4) is 0 Å². The van der Waals surface area contributed by atoms with E-state index in [0.717, 1.165) is 22.2 Å². The van der Waals surface area contributed by atoms with Gasteiger partial charge in [-0.2, -0.15) is 0 Å². The molecule has 3 heteroatoms. The number of rotatable bonds is 3. The van der Waals surface area contributed by atoms with Crippen LogP contribution in [0.15, 0.2) is 41.0 Å². The van der Waals surface area contributed by atoms with Crippen molar-refractivity contribution in [3.63, 3.8) is 0 Å². The smallest absolute Gasteiger partial charge is 0.233 e. The van der Waals surface area contributed by atoms with Gasteiger partial charge in [0.15, 0.2) is 0 Å². The summed E-state index contributed by atoms with van der Waals surface area (Å²) in [5.41, 5.74) is 2.36. The lowest BCUT2D eigenvalue weighted by atomic mass is 10.2. The van der Waals surface area contributed by atoms with Gasteiger partial charge in [-0.1, -0.05) is 19.1 Å². The van der Waals surface area contributed by atoms with Crippen LogP contribution >= 0.6 is 15.9 Å². The summed E-state index contributed by atoms with van der Waals surface area (Å²) < 4.78 is 6.62. The van der Waals surface area contributed by atoms with Crippen LogP contribution in [0, 0.1) is 6.92 Å². The molecule has 1 aromatic carbocycles. The summed E-state index contributed by atoms with van der Waals surface area (Å²) in [5, 5.41) is 0. The Hall–Kier alpha value is -1.35. The maximum atomic E-state index is 5.75. The highest BCUT2D eigenvalue weighted by molar-refractivity contribution is 9.10. The van der Waals surface area contributed by atoms with Gasteiger partial charge in [0, 0.05) is 6.20 Å². The number of aryl methyl sites for hydroxylation is 2. The fourth-order valence-corrected chi connectivity index (χ4v) is 2.08. The molecule has 0 saturated carbocycles. The lowest BCUT2D eigenvalue weighted by molar-refractivity contribution is 0.459. The van der Waals surface area contributed by atoms with Gasteiger partial charge in [-0.15, -0.1) is 0 Å². The molecule has 17 heavy (non-hydrogen) atoms. The van der Waals surface area contributed by atoms with Gasteiger partial charge < -0.3 is 4.74 Å². The van der Waals surface area contributed by atoms with Crippen molar-refractivity contribution in [1.82, 2.24) is 4.98 Å². The molecule has 0 radical (unpaired) electrons. The maximum Gasteiger partial charge on any atom is 0.233 e. The van der Waals surface area contributed by atoms with Gasteiger partial charge in [-0.3, -0.25) is 0 Å². The number of pyridine rings is 1. The first kappa shape index (κ1) is 12.1. The van der Waals surface area contributed by atoms with Crippen LogP contribution in [0.4, 0.5) is 0 Å². The third-order valence-corrected chi connectivity index (χ3v) is 3.03. The molecule has 0 aliphatic carbocycles. The second kappa shape index (κ2) is 5.32.